The molecule has 1 N–H and O–H groups in total. The quantitative estimate of drug-likeness (QED) is 0.847. The zero-order chi connectivity index (χ0) is 16.2. The van der Waals surface area contributed by atoms with Gasteiger partial charge < -0.3 is 9.73 Å². The molecule has 23 heavy (non-hydrogen) atoms. The highest BCUT2D eigenvalue weighted by Gasteiger charge is 2.31. The van der Waals surface area contributed by atoms with Crippen LogP contribution < -0.4 is 5.32 Å². The molecule has 1 saturated carbocycles. The Morgan fingerprint density at radius 3 is 2.78 bits per heavy atom. The Bertz CT molecular complexity index is 660. The number of carbonyl (C=O) groups is 1. The van der Waals surface area contributed by atoms with Gasteiger partial charge in [-0.3, -0.25) is 9.69 Å². The second-order valence-corrected chi connectivity index (χ2v) is 6.23. The molecule has 1 aliphatic carbocycles. The molecule has 4 nitrogen and oxygen atoms in total. The summed E-state index contributed by atoms with van der Waals surface area (Å²) >= 11 is 0. The fourth-order valence-corrected chi connectivity index (χ4v) is 2.92. The maximum atomic E-state index is 12.5. The number of aryl methyl sites for hydroxylation is 2. The fraction of sp³-hybridized carbons (Fsp3) is 0.421. The van der Waals surface area contributed by atoms with Gasteiger partial charge in [-0.1, -0.05) is 25.1 Å². The minimum atomic E-state index is 0.0486. The summed E-state index contributed by atoms with van der Waals surface area (Å²) < 4.78 is 5.42. The number of benzene rings is 1. The predicted octanol–water partition coefficient (Wildman–Crippen LogP) is 3.75. The predicted molar refractivity (Wildman–Crippen MR) is 91.3 cm³/mol. The summed E-state index contributed by atoms with van der Waals surface area (Å²) in [6, 6.07) is 10.5. The highest BCUT2D eigenvalue weighted by Crippen LogP contribution is 2.28. The Kier molecular flexibility index (Phi) is 4.82. The second kappa shape index (κ2) is 7.01. The van der Waals surface area contributed by atoms with Gasteiger partial charge in [0.15, 0.2) is 0 Å². The minimum absolute atomic E-state index is 0.0486. The minimum Gasteiger partial charge on any atom is -0.468 e. The van der Waals surface area contributed by atoms with Crippen LogP contribution in [-0.2, 0) is 17.8 Å². The van der Waals surface area contributed by atoms with E-state index >= 15 is 0 Å². The number of furan rings is 1. The van der Waals surface area contributed by atoms with Crippen molar-refractivity contribution >= 4 is 11.6 Å². The van der Waals surface area contributed by atoms with Crippen LogP contribution in [0.15, 0.2) is 41.0 Å². The van der Waals surface area contributed by atoms with Gasteiger partial charge in [0.05, 0.1) is 19.4 Å². The molecule has 0 atom stereocenters. The van der Waals surface area contributed by atoms with Gasteiger partial charge >= 0.3 is 0 Å². The zero-order valence-electron chi connectivity index (χ0n) is 13.8. The number of anilines is 1. The number of hydrogen-bond acceptors (Lipinski definition) is 3. The number of amides is 1. The van der Waals surface area contributed by atoms with E-state index in [1.54, 1.807) is 6.26 Å². The molecule has 0 aliphatic heterocycles. The number of rotatable bonds is 7. The van der Waals surface area contributed by atoms with E-state index in [9.17, 15) is 4.79 Å². The highest BCUT2D eigenvalue weighted by atomic mass is 16.3. The Hall–Kier alpha value is -2.07. The van der Waals surface area contributed by atoms with Crippen LogP contribution in [0.3, 0.4) is 0 Å². The van der Waals surface area contributed by atoms with Gasteiger partial charge in [-0.2, -0.15) is 0 Å². The molecule has 0 unspecified atom stereocenters. The van der Waals surface area contributed by atoms with Crippen LogP contribution in [-0.4, -0.2) is 23.4 Å². The van der Waals surface area contributed by atoms with Gasteiger partial charge in [0, 0.05) is 11.7 Å². The van der Waals surface area contributed by atoms with Crippen LogP contribution >= 0.6 is 0 Å². The molecule has 1 aliphatic rings. The van der Waals surface area contributed by atoms with E-state index in [-0.39, 0.29) is 5.91 Å². The topological polar surface area (TPSA) is 45.5 Å². The molecule has 3 rings (SSSR count). The van der Waals surface area contributed by atoms with Crippen LogP contribution in [0.1, 0.15) is 36.7 Å². The maximum absolute atomic E-state index is 12.5. The summed E-state index contributed by atoms with van der Waals surface area (Å²) in [5.74, 6) is 0.960. The first-order chi connectivity index (χ1) is 11.2. The molecule has 1 heterocycles. The van der Waals surface area contributed by atoms with Gasteiger partial charge in [0.1, 0.15) is 5.76 Å². The van der Waals surface area contributed by atoms with Crippen molar-refractivity contribution in [3.8, 4) is 0 Å². The number of carbonyl (C=O) groups excluding carboxylic acids is 1. The van der Waals surface area contributed by atoms with Crippen molar-refractivity contribution in [3.05, 3.63) is 53.5 Å². The van der Waals surface area contributed by atoms with Crippen molar-refractivity contribution in [2.45, 2.75) is 45.7 Å². The fourth-order valence-electron chi connectivity index (χ4n) is 2.92. The molecule has 0 radical (unpaired) electrons. The molecule has 0 spiro atoms. The van der Waals surface area contributed by atoms with E-state index in [0.29, 0.717) is 19.1 Å². The lowest BCUT2D eigenvalue weighted by atomic mass is 10.1. The van der Waals surface area contributed by atoms with Gasteiger partial charge in [0.2, 0.25) is 5.91 Å². The lowest BCUT2D eigenvalue weighted by molar-refractivity contribution is -0.117. The Morgan fingerprint density at radius 1 is 1.30 bits per heavy atom. The van der Waals surface area contributed by atoms with Crippen molar-refractivity contribution < 1.29 is 9.21 Å². The second-order valence-electron chi connectivity index (χ2n) is 6.23. The van der Waals surface area contributed by atoms with Gasteiger partial charge in [0.25, 0.3) is 0 Å². The first-order valence-corrected chi connectivity index (χ1v) is 8.32. The molecule has 0 bridgehead atoms. The molecule has 122 valence electrons. The number of hydrogen-bond donors (Lipinski definition) is 1. The van der Waals surface area contributed by atoms with Crippen LogP contribution in [0.25, 0.3) is 0 Å². The third-order valence-corrected chi connectivity index (χ3v) is 4.35. The number of nitrogens with one attached hydrogen (secondary N) is 1. The van der Waals surface area contributed by atoms with Gasteiger partial charge in [-0.05, 0) is 49.4 Å². The lowest BCUT2D eigenvalue weighted by Gasteiger charge is -2.21. The van der Waals surface area contributed by atoms with Crippen LogP contribution in [0.4, 0.5) is 5.69 Å². The molecule has 4 heteroatoms. The van der Waals surface area contributed by atoms with Gasteiger partial charge in [-0.25, -0.2) is 0 Å². The van der Waals surface area contributed by atoms with E-state index in [1.165, 1.54) is 18.4 Å². The lowest BCUT2D eigenvalue weighted by Crippen LogP contribution is -2.34. The number of para-hydroxylation sites is 1. The first kappa shape index (κ1) is 15.8. The van der Waals surface area contributed by atoms with Crippen molar-refractivity contribution in [2.24, 2.45) is 0 Å². The summed E-state index contributed by atoms with van der Waals surface area (Å²) in [6.07, 6.45) is 4.93. The van der Waals surface area contributed by atoms with Gasteiger partial charge in [-0.15, -0.1) is 0 Å². The molecule has 2 aromatic rings. The zero-order valence-corrected chi connectivity index (χ0v) is 13.8. The van der Waals surface area contributed by atoms with E-state index in [0.717, 1.165) is 23.4 Å². The smallest absolute Gasteiger partial charge is 0.238 e. The van der Waals surface area contributed by atoms with Crippen molar-refractivity contribution in [1.29, 1.82) is 0 Å². The Balaban J connectivity index is 1.66. The molecule has 1 amide bonds. The number of nitrogens with zero attached hydrogens (tertiary/aromatic N) is 1. The summed E-state index contributed by atoms with van der Waals surface area (Å²) in [6.45, 7) is 5.25. The average Bonchev–Trinajstić information content (AvgIpc) is 3.26. The standard InChI is InChI=1S/C19H24N2O2/c1-3-15-7-4-6-14(2)19(15)20-18(22)13-21(16-9-10-16)12-17-8-5-11-23-17/h4-8,11,16H,3,9-10,12-13H2,1-2H3,(H,20,22). The molecule has 1 aromatic carbocycles. The third-order valence-electron chi connectivity index (χ3n) is 4.35. The van der Waals surface area contributed by atoms with Crippen molar-refractivity contribution in [1.82, 2.24) is 4.90 Å². The van der Waals surface area contributed by atoms with E-state index < -0.39 is 0 Å². The maximum Gasteiger partial charge on any atom is 0.238 e. The molecular weight excluding hydrogens is 288 g/mol. The summed E-state index contributed by atoms with van der Waals surface area (Å²) in [5.41, 5.74) is 3.26. The van der Waals surface area contributed by atoms with Crippen molar-refractivity contribution in [3.63, 3.8) is 0 Å². The molecule has 1 aromatic heterocycles. The van der Waals surface area contributed by atoms with Crippen LogP contribution in [0, 0.1) is 6.92 Å². The van der Waals surface area contributed by atoms with Crippen molar-refractivity contribution in [2.75, 3.05) is 11.9 Å². The monoisotopic (exact) mass is 312 g/mol. The first-order valence-electron chi connectivity index (χ1n) is 8.32. The average molecular weight is 312 g/mol. The third kappa shape index (κ3) is 4.02. The van der Waals surface area contributed by atoms with E-state index in [4.69, 9.17) is 4.42 Å². The molecule has 1 fully saturated rings. The van der Waals surface area contributed by atoms with E-state index in [1.807, 2.05) is 31.2 Å². The van der Waals surface area contributed by atoms with Crippen LogP contribution in [0.5, 0.6) is 0 Å². The highest BCUT2D eigenvalue weighted by molar-refractivity contribution is 5.93. The summed E-state index contributed by atoms with van der Waals surface area (Å²) in [5, 5.41) is 3.11. The Morgan fingerprint density at radius 2 is 2.13 bits per heavy atom. The SMILES string of the molecule is CCc1cccc(C)c1NC(=O)CN(Cc1ccco1)C1CC1. The largest absolute Gasteiger partial charge is 0.468 e. The summed E-state index contributed by atoms with van der Waals surface area (Å²) in [4.78, 5) is 14.7. The van der Waals surface area contributed by atoms with Crippen LogP contribution in [0.2, 0.25) is 0 Å². The summed E-state index contributed by atoms with van der Waals surface area (Å²) in [7, 11) is 0. The Labute approximate surface area is 137 Å². The normalized spacial score (nSPS) is 14.2. The molecular formula is C19H24N2O2. The van der Waals surface area contributed by atoms with E-state index in [2.05, 4.69) is 23.2 Å². The molecule has 0 saturated heterocycles.